The Hall–Kier alpha value is -1.05. The van der Waals surface area contributed by atoms with Crippen LogP contribution in [0.5, 0.6) is 0 Å². The maximum atomic E-state index is 9.02. The Morgan fingerprint density at radius 1 is 1.44 bits per heavy atom. The van der Waals surface area contributed by atoms with E-state index >= 15 is 0 Å². The van der Waals surface area contributed by atoms with Crippen LogP contribution in [0.3, 0.4) is 0 Å². The molecule has 1 aromatic carbocycles. The Kier molecular flexibility index (Phi) is 4.78. The van der Waals surface area contributed by atoms with Crippen LogP contribution in [-0.4, -0.2) is 24.3 Å². The van der Waals surface area contributed by atoms with Gasteiger partial charge in [-0.25, -0.2) is 0 Å². The number of hydrogen-bond acceptors (Lipinski definition) is 3. The smallest absolute Gasteiger partial charge is 0.0992 e. The van der Waals surface area contributed by atoms with Crippen LogP contribution in [0.2, 0.25) is 0 Å². The van der Waals surface area contributed by atoms with Gasteiger partial charge in [0.1, 0.15) is 0 Å². The second-order valence-corrected chi connectivity index (χ2v) is 4.74. The fourth-order valence-corrected chi connectivity index (χ4v) is 2.08. The van der Waals surface area contributed by atoms with Crippen LogP contribution < -0.4 is 4.90 Å². The van der Waals surface area contributed by atoms with E-state index in [2.05, 4.69) is 40.7 Å². The highest BCUT2D eigenvalue weighted by Crippen LogP contribution is 2.24. The summed E-state index contributed by atoms with van der Waals surface area (Å²) < 4.78 is 0.880. The third-order valence-electron chi connectivity index (χ3n) is 2.31. The number of anilines is 1. The number of rotatable bonds is 4. The zero-order valence-corrected chi connectivity index (χ0v) is 11.0. The summed E-state index contributed by atoms with van der Waals surface area (Å²) in [7, 11) is 0. The number of halogens is 1. The lowest BCUT2D eigenvalue weighted by molar-refractivity contribution is 0.299. The van der Waals surface area contributed by atoms with Crippen molar-refractivity contribution in [1.82, 2.24) is 0 Å². The Bertz CT molecular complexity index is 398. The largest absolute Gasteiger partial charge is 0.395 e. The third-order valence-corrected chi connectivity index (χ3v) is 2.77. The van der Waals surface area contributed by atoms with E-state index in [4.69, 9.17) is 10.4 Å². The molecule has 1 aromatic rings. The Balaban J connectivity index is 3.09. The number of aliphatic hydroxyl groups excluding tert-OH is 1. The summed E-state index contributed by atoms with van der Waals surface area (Å²) in [6.07, 6.45) is 0. The minimum atomic E-state index is 0.104. The molecule has 0 spiro atoms. The highest BCUT2D eigenvalue weighted by molar-refractivity contribution is 9.10. The summed E-state index contributed by atoms with van der Waals surface area (Å²) in [4.78, 5) is 2.06. The van der Waals surface area contributed by atoms with Gasteiger partial charge in [-0.3, -0.25) is 0 Å². The van der Waals surface area contributed by atoms with Gasteiger partial charge in [0.15, 0.2) is 0 Å². The molecule has 0 fully saturated rings. The molecular formula is C12H15BrN2O. The molecule has 16 heavy (non-hydrogen) atoms. The number of hydrogen-bond donors (Lipinski definition) is 1. The minimum absolute atomic E-state index is 0.104. The second kappa shape index (κ2) is 5.88. The molecule has 3 nitrogen and oxygen atoms in total. The molecule has 0 radical (unpaired) electrons. The molecule has 0 aliphatic rings. The van der Waals surface area contributed by atoms with E-state index in [9.17, 15) is 0 Å². The first kappa shape index (κ1) is 13.0. The highest BCUT2D eigenvalue weighted by Gasteiger charge is 2.11. The standard InChI is InChI=1S/C12H15BrN2O/c1-9(2)15(3-4-16)12-6-10(8-14)5-11(13)7-12/h5-7,9,16H,3-4H2,1-2H3. The molecule has 0 aromatic heterocycles. The zero-order valence-electron chi connectivity index (χ0n) is 9.44. The van der Waals surface area contributed by atoms with Gasteiger partial charge >= 0.3 is 0 Å². The van der Waals surface area contributed by atoms with Crippen molar-refractivity contribution in [2.24, 2.45) is 0 Å². The Morgan fingerprint density at radius 3 is 2.62 bits per heavy atom. The van der Waals surface area contributed by atoms with E-state index in [1.165, 1.54) is 0 Å². The van der Waals surface area contributed by atoms with E-state index in [1.807, 2.05) is 12.1 Å². The van der Waals surface area contributed by atoms with Crippen LogP contribution in [0.15, 0.2) is 22.7 Å². The van der Waals surface area contributed by atoms with Crippen molar-refractivity contribution >= 4 is 21.6 Å². The van der Waals surface area contributed by atoms with E-state index < -0.39 is 0 Å². The molecule has 86 valence electrons. The lowest BCUT2D eigenvalue weighted by Crippen LogP contribution is -2.33. The first-order valence-electron chi connectivity index (χ1n) is 5.16. The molecule has 0 bridgehead atoms. The molecule has 0 atom stereocenters. The number of benzene rings is 1. The summed E-state index contributed by atoms with van der Waals surface area (Å²) in [5, 5.41) is 17.9. The fourth-order valence-electron chi connectivity index (χ4n) is 1.60. The lowest BCUT2D eigenvalue weighted by Gasteiger charge is -2.28. The number of aliphatic hydroxyl groups is 1. The Labute approximate surface area is 104 Å². The predicted octanol–water partition coefficient (Wildman–Crippen LogP) is 2.53. The molecule has 4 heteroatoms. The van der Waals surface area contributed by atoms with E-state index in [-0.39, 0.29) is 12.6 Å². The van der Waals surface area contributed by atoms with Gasteiger partial charge in [0.25, 0.3) is 0 Å². The van der Waals surface area contributed by atoms with E-state index in [1.54, 1.807) is 6.07 Å². The molecule has 1 rings (SSSR count). The van der Waals surface area contributed by atoms with Gasteiger partial charge in [-0.2, -0.15) is 5.26 Å². The third kappa shape index (κ3) is 3.22. The molecule has 0 unspecified atom stereocenters. The van der Waals surface area contributed by atoms with E-state index in [0.29, 0.717) is 12.1 Å². The molecule has 0 saturated carbocycles. The predicted molar refractivity (Wildman–Crippen MR) is 68.4 cm³/mol. The van der Waals surface area contributed by atoms with Crippen molar-refractivity contribution < 1.29 is 5.11 Å². The monoisotopic (exact) mass is 282 g/mol. The number of nitrogens with zero attached hydrogens (tertiary/aromatic N) is 2. The number of nitriles is 1. The van der Waals surface area contributed by atoms with Gasteiger partial charge in [-0.15, -0.1) is 0 Å². The minimum Gasteiger partial charge on any atom is -0.395 e. The van der Waals surface area contributed by atoms with Crippen LogP contribution in [0.4, 0.5) is 5.69 Å². The average Bonchev–Trinajstić information content (AvgIpc) is 2.24. The van der Waals surface area contributed by atoms with Crippen molar-refractivity contribution in [3.63, 3.8) is 0 Å². The molecule has 0 aliphatic heterocycles. The van der Waals surface area contributed by atoms with Crippen LogP contribution in [0.25, 0.3) is 0 Å². The van der Waals surface area contributed by atoms with Crippen LogP contribution in [0, 0.1) is 11.3 Å². The van der Waals surface area contributed by atoms with Crippen LogP contribution in [-0.2, 0) is 0 Å². The van der Waals surface area contributed by atoms with Gasteiger partial charge in [-0.1, -0.05) is 15.9 Å². The van der Waals surface area contributed by atoms with Gasteiger partial charge in [0, 0.05) is 22.7 Å². The summed E-state index contributed by atoms with van der Waals surface area (Å²) in [5.74, 6) is 0. The maximum Gasteiger partial charge on any atom is 0.0992 e. The maximum absolute atomic E-state index is 9.02. The summed E-state index contributed by atoms with van der Waals surface area (Å²) in [6.45, 7) is 4.79. The first-order chi connectivity index (χ1) is 7.58. The van der Waals surface area contributed by atoms with Crippen molar-refractivity contribution in [2.45, 2.75) is 19.9 Å². The second-order valence-electron chi connectivity index (χ2n) is 3.82. The topological polar surface area (TPSA) is 47.3 Å². The summed E-state index contributed by atoms with van der Waals surface area (Å²) in [5.41, 5.74) is 1.57. The Morgan fingerprint density at radius 2 is 2.12 bits per heavy atom. The van der Waals surface area contributed by atoms with Gasteiger partial charge in [-0.05, 0) is 32.0 Å². The highest BCUT2D eigenvalue weighted by atomic mass is 79.9. The molecule has 0 saturated heterocycles. The van der Waals surface area contributed by atoms with Crippen molar-refractivity contribution in [3.8, 4) is 6.07 Å². The zero-order chi connectivity index (χ0) is 12.1. The van der Waals surface area contributed by atoms with Crippen LogP contribution >= 0.6 is 15.9 Å². The quantitative estimate of drug-likeness (QED) is 0.923. The molecule has 0 heterocycles. The fraction of sp³-hybridized carbons (Fsp3) is 0.417. The molecule has 1 N–H and O–H groups in total. The van der Waals surface area contributed by atoms with Gasteiger partial charge in [0.05, 0.1) is 18.2 Å². The summed E-state index contributed by atoms with van der Waals surface area (Å²) >= 11 is 3.38. The lowest BCUT2D eigenvalue weighted by atomic mass is 10.2. The SMILES string of the molecule is CC(C)N(CCO)c1cc(Br)cc(C#N)c1. The van der Waals surface area contributed by atoms with Gasteiger partial charge < -0.3 is 10.0 Å². The molecule has 0 aliphatic carbocycles. The normalized spacial score (nSPS) is 10.2. The van der Waals surface area contributed by atoms with Crippen molar-refractivity contribution in [1.29, 1.82) is 5.26 Å². The van der Waals surface area contributed by atoms with Gasteiger partial charge in [0.2, 0.25) is 0 Å². The average molecular weight is 283 g/mol. The van der Waals surface area contributed by atoms with Crippen molar-refractivity contribution in [3.05, 3.63) is 28.2 Å². The summed E-state index contributed by atoms with van der Waals surface area (Å²) in [6, 6.07) is 7.98. The van der Waals surface area contributed by atoms with Crippen LogP contribution in [0.1, 0.15) is 19.4 Å². The van der Waals surface area contributed by atoms with E-state index in [0.717, 1.165) is 10.2 Å². The molecule has 0 amide bonds. The van der Waals surface area contributed by atoms with Crippen molar-refractivity contribution in [2.75, 3.05) is 18.1 Å². The molecular weight excluding hydrogens is 268 g/mol. The first-order valence-corrected chi connectivity index (χ1v) is 5.96.